The number of aromatic nitrogens is 1. The lowest BCUT2D eigenvalue weighted by Crippen LogP contribution is -1.94. The molecule has 3 nitrogen and oxygen atoms in total. The van der Waals surface area contributed by atoms with Crippen LogP contribution in [0.5, 0.6) is 17.2 Å². The highest BCUT2D eigenvalue weighted by atomic mass is 79.9. The molecule has 0 aliphatic heterocycles. The number of benzene rings is 1. The average molecular weight is 316 g/mol. The standard InChI is InChI=1S/C12H8BrF2NO2/c1-17-9-3-2-7(6-8(9)13)18-10-4-5-16-12(15)11(10)14/h2-6H,1H3. The highest BCUT2D eigenvalue weighted by molar-refractivity contribution is 9.10. The summed E-state index contributed by atoms with van der Waals surface area (Å²) >= 11 is 3.27. The summed E-state index contributed by atoms with van der Waals surface area (Å²) in [6, 6.07) is 6.07. The van der Waals surface area contributed by atoms with Crippen molar-refractivity contribution in [1.29, 1.82) is 0 Å². The molecule has 0 fully saturated rings. The third-order valence-corrected chi connectivity index (χ3v) is 2.78. The van der Waals surface area contributed by atoms with Gasteiger partial charge in [-0.25, -0.2) is 4.98 Å². The van der Waals surface area contributed by atoms with Crippen LogP contribution in [0, 0.1) is 11.8 Å². The van der Waals surface area contributed by atoms with Crippen LogP contribution in [0.1, 0.15) is 0 Å². The molecular formula is C12H8BrF2NO2. The van der Waals surface area contributed by atoms with Crippen LogP contribution in [-0.4, -0.2) is 12.1 Å². The number of pyridine rings is 1. The number of ether oxygens (including phenoxy) is 2. The van der Waals surface area contributed by atoms with Gasteiger partial charge in [-0.2, -0.15) is 8.78 Å². The SMILES string of the molecule is COc1ccc(Oc2ccnc(F)c2F)cc1Br. The molecule has 1 aromatic carbocycles. The zero-order valence-corrected chi connectivity index (χ0v) is 10.9. The number of rotatable bonds is 3. The predicted molar refractivity (Wildman–Crippen MR) is 64.9 cm³/mol. The number of methoxy groups -OCH3 is 1. The Bertz CT molecular complexity index is 578. The normalized spacial score (nSPS) is 10.2. The van der Waals surface area contributed by atoms with Crippen molar-refractivity contribution in [1.82, 2.24) is 4.98 Å². The Hall–Kier alpha value is -1.69. The fraction of sp³-hybridized carbons (Fsp3) is 0.0833. The second-order valence-corrected chi connectivity index (χ2v) is 4.17. The molecule has 0 amide bonds. The Balaban J connectivity index is 2.29. The molecule has 0 radical (unpaired) electrons. The number of hydrogen-bond donors (Lipinski definition) is 0. The lowest BCUT2D eigenvalue weighted by atomic mass is 10.3. The fourth-order valence-corrected chi connectivity index (χ4v) is 1.84. The third-order valence-electron chi connectivity index (χ3n) is 2.16. The van der Waals surface area contributed by atoms with Crippen molar-refractivity contribution in [3.63, 3.8) is 0 Å². The Morgan fingerprint density at radius 3 is 2.61 bits per heavy atom. The van der Waals surface area contributed by atoms with Crippen molar-refractivity contribution in [2.45, 2.75) is 0 Å². The first-order chi connectivity index (χ1) is 8.61. The van der Waals surface area contributed by atoms with Crippen molar-refractivity contribution >= 4 is 15.9 Å². The van der Waals surface area contributed by atoms with Crippen LogP contribution in [0.15, 0.2) is 34.9 Å². The largest absolute Gasteiger partial charge is 0.496 e. The van der Waals surface area contributed by atoms with Crippen LogP contribution in [0.2, 0.25) is 0 Å². The van der Waals surface area contributed by atoms with E-state index in [1.54, 1.807) is 18.2 Å². The summed E-state index contributed by atoms with van der Waals surface area (Å²) in [5.74, 6) is -1.57. The van der Waals surface area contributed by atoms with Gasteiger partial charge in [0.1, 0.15) is 11.5 Å². The van der Waals surface area contributed by atoms with Gasteiger partial charge in [0, 0.05) is 12.3 Å². The second kappa shape index (κ2) is 5.30. The second-order valence-electron chi connectivity index (χ2n) is 3.31. The van der Waals surface area contributed by atoms with E-state index in [4.69, 9.17) is 9.47 Å². The first-order valence-electron chi connectivity index (χ1n) is 4.93. The summed E-state index contributed by atoms with van der Waals surface area (Å²) in [6.07, 6.45) is 1.13. The van der Waals surface area contributed by atoms with E-state index < -0.39 is 11.8 Å². The Morgan fingerprint density at radius 1 is 1.17 bits per heavy atom. The molecule has 2 aromatic rings. The molecule has 0 saturated heterocycles. The lowest BCUT2D eigenvalue weighted by molar-refractivity contribution is 0.398. The number of nitrogens with zero attached hydrogens (tertiary/aromatic N) is 1. The van der Waals surface area contributed by atoms with Gasteiger partial charge in [-0.1, -0.05) is 0 Å². The maximum Gasteiger partial charge on any atom is 0.252 e. The molecule has 0 atom stereocenters. The molecule has 0 aliphatic rings. The minimum atomic E-state index is -1.19. The summed E-state index contributed by atoms with van der Waals surface area (Å²) in [6.45, 7) is 0. The molecule has 1 heterocycles. The Kier molecular flexibility index (Phi) is 3.76. The van der Waals surface area contributed by atoms with Gasteiger partial charge >= 0.3 is 0 Å². The van der Waals surface area contributed by atoms with Gasteiger partial charge in [0.05, 0.1) is 11.6 Å². The molecule has 94 valence electrons. The number of hydrogen-bond acceptors (Lipinski definition) is 3. The van der Waals surface area contributed by atoms with E-state index in [1.165, 1.54) is 13.2 Å². The minimum absolute atomic E-state index is 0.223. The number of halogens is 3. The fourth-order valence-electron chi connectivity index (χ4n) is 1.32. The van der Waals surface area contributed by atoms with Gasteiger partial charge in [-0.05, 0) is 34.1 Å². The van der Waals surface area contributed by atoms with E-state index in [2.05, 4.69) is 20.9 Å². The maximum atomic E-state index is 13.3. The van der Waals surface area contributed by atoms with E-state index in [0.717, 1.165) is 6.20 Å². The predicted octanol–water partition coefficient (Wildman–Crippen LogP) is 3.92. The zero-order chi connectivity index (χ0) is 13.1. The van der Waals surface area contributed by atoms with Crippen molar-refractivity contribution in [2.75, 3.05) is 7.11 Å². The van der Waals surface area contributed by atoms with Gasteiger partial charge in [-0.15, -0.1) is 0 Å². The Morgan fingerprint density at radius 2 is 1.94 bits per heavy atom. The smallest absolute Gasteiger partial charge is 0.252 e. The third kappa shape index (κ3) is 2.59. The lowest BCUT2D eigenvalue weighted by Gasteiger charge is -2.08. The molecule has 2 rings (SSSR count). The summed E-state index contributed by atoms with van der Waals surface area (Å²) in [5, 5.41) is 0. The highest BCUT2D eigenvalue weighted by Gasteiger charge is 2.11. The molecule has 0 spiro atoms. The summed E-state index contributed by atoms with van der Waals surface area (Å²) in [4.78, 5) is 3.17. The molecule has 0 saturated carbocycles. The first kappa shape index (κ1) is 12.8. The van der Waals surface area contributed by atoms with E-state index >= 15 is 0 Å². The van der Waals surface area contributed by atoms with Crippen LogP contribution < -0.4 is 9.47 Å². The average Bonchev–Trinajstić information content (AvgIpc) is 2.35. The van der Waals surface area contributed by atoms with Crippen molar-refractivity contribution in [2.24, 2.45) is 0 Å². The van der Waals surface area contributed by atoms with Crippen molar-refractivity contribution < 1.29 is 18.3 Å². The Labute approximate surface area is 110 Å². The van der Waals surface area contributed by atoms with E-state index in [1.807, 2.05) is 0 Å². The van der Waals surface area contributed by atoms with Crippen LogP contribution in [-0.2, 0) is 0 Å². The summed E-state index contributed by atoms with van der Waals surface area (Å²) in [7, 11) is 1.53. The topological polar surface area (TPSA) is 31.4 Å². The van der Waals surface area contributed by atoms with Crippen LogP contribution in [0.25, 0.3) is 0 Å². The van der Waals surface area contributed by atoms with E-state index in [0.29, 0.717) is 16.0 Å². The van der Waals surface area contributed by atoms with Gasteiger partial charge < -0.3 is 9.47 Å². The molecule has 0 aliphatic carbocycles. The first-order valence-corrected chi connectivity index (χ1v) is 5.72. The van der Waals surface area contributed by atoms with Gasteiger partial charge in [0.2, 0.25) is 5.82 Å². The molecule has 18 heavy (non-hydrogen) atoms. The minimum Gasteiger partial charge on any atom is -0.496 e. The van der Waals surface area contributed by atoms with Crippen LogP contribution >= 0.6 is 15.9 Å². The van der Waals surface area contributed by atoms with Gasteiger partial charge in [-0.3, -0.25) is 0 Å². The van der Waals surface area contributed by atoms with Crippen LogP contribution in [0.3, 0.4) is 0 Å². The monoisotopic (exact) mass is 315 g/mol. The molecule has 0 bridgehead atoms. The zero-order valence-electron chi connectivity index (χ0n) is 9.28. The van der Waals surface area contributed by atoms with E-state index in [-0.39, 0.29) is 5.75 Å². The molecule has 0 N–H and O–H groups in total. The molecule has 6 heteroatoms. The molecule has 1 aromatic heterocycles. The summed E-state index contributed by atoms with van der Waals surface area (Å²) in [5.41, 5.74) is 0. The molecular weight excluding hydrogens is 308 g/mol. The quantitative estimate of drug-likeness (QED) is 0.804. The van der Waals surface area contributed by atoms with Crippen molar-refractivity contribution in [3.05, 3.63) is 46.7 Å². The maximum absolute atomic E-state index is 13.3. The van der Waals surface area contributed by atoms with Crippen molar-refractivity contribution in [3.8, 4) is 17.2 Å². The van der Waals surface area contributed by atoms with Gasteiger partial charge in [0.25, 0.3) is 5.95 Å². The van der Waals surface area contributed by atoms with Gasteiger partial charge in [0.15, 0.2) is 5.75 Å². The van der Waals surface area contributed by atoms with Crippen LogP contribution in [0.4, 0.5) is 8.78 Å². The van der Waals surface area contributed by atoms with E-state index in [9.17, 15) is 8.78 Å². The molecule has 0 unspecified atom stereocenters. The summed E-state index contributed by atoms with van der Waals surface area (Å²) < 4.78 is 37.1. The highest BCUT2D eigenvalue weighted by Crippen LogP contribution is 2.32.